The quantitative estimate of drug-likeness (QED) is 0.554. The highest BCUT2D eigenvalue weighted by molar-refractivity contribution is 6.33. The number of rotatable bonds is 2. The second kappa shape index (κ2) is 3.74. The molecule has 0 aliphatic carbocycles. The van der Waals surface area contributed by atoms with Crippen LogP contribution in [0.3, 0.4) is 0 Å². The Morgan fingerprint density at radius 3 is 2.62 bits per heavy atom. The van der Waals surface area contributed by atoms with Crippen LogP contribution in [0.2, 0.25) is 5.02 Å². The molecule has 0 fully saturated rings. The Balaban J connectivity index is 3.38. The number of pyridine rings is 1. The molecule has 70 valence electrons. The zero-order valence-corrected chi connectivity index (χ0v) is 6.86. The molecule has 0 saturated carbocycles. The SMILES string of the molecule is O=Cc1c(C(F)F)cnc(F)c1Cl. The number of carbonyl (C=O) groups is 1. The van der Waals surface area contributed by atoms with E-state index in [2.05, 4.69) is 4.98 Å². The predicted octanol–water partition coefficient (Wildman–Crippen LogP) is 2.62. The molecule has 0 bridgehead atoms. The predicted molar refractivity (Wildman–Crippen MR) is 39.5 cm³/mol. The van der Waals surface area contributed by atoms with E-state index in [9.17, 15) is 18.0 Å². The van der Waals surface area contributed by atoms with E-state index in [1.807, 2.05) is 0 Å². The van der Waals surface area contributed by atoms with Crippen LogP contribution in [0.25, 0.3) is 0 Å². The topological polar surface area (TPSA) is 30.0 Å². The first kappa shape index (κ1) is 9.98. The van der Waals surface area contributed by atoms with Crippen LogP contribution in [0.1, 0.15) is 22.3 Å². The standard InChI is InChI=1S/C7H3ClF3NO/c8-5-4(2-13)3(6(9)10)1-12-7(5)11/h1-2,6H. The normalized spacial score (nSPS) is 10.5. The van der Waals surface area contributed by atoms with E-state index in [1.54, 1.807) is 0 Å². The van der Waals surface area contributed by atoms with Crippen molar-refractivity contribution in [2.24, 2.45) is 0 Å². The van der Waals surface area contributed by atoms with Gasteiger partial charge in [0.25, 0.3) is 6.43 Å². The van der Waals surface area contributed by atoms with E-state index in [0.29, 0.717) is 6.20 Å². The molecular formula is C7H3ClF3NO. The summed E-state index contributed by atoms with van der Waals surface area (Å²) in [6.07, 6.45) is -2.23. The Labute approximate surface area is 76.3 Å². The molecule has 0 saturated heterocycles. The van der Waals surface area contributed by atoms with Crippen LogP contribution >= 0.6 is 11.6 Å². The van der Waals surface area contributed by atoms with Crippen molar-refractivity contribution in [2.75, 3.05) is 0 Å². The number of alkyl halides is 2. The summed E-state index contributed by atoms with van der Waals surface area (Å²) in [6, 6.07) is 0. The molecule has 0 radical (unpaired) electrons. The van der Waals surface area contributed by atoms with Gasteiger partial charge in [0.05, 0.1) is 0 Å². The Kier molecular flexibility index (Phi) is 2.87. The second-order valence-corrected chi connectivity index (χ2v) is 2.53. The fourth-order valence-electron chi connectivity index (χ4n) is 0.784. The second-order valence-electron chi connectivity index (χ2n) is 2.15. The highest BCUT2D eigenvalue weighted by Gasteiger charge is 2.18. The highest BCUT2D eigenvalue weighted by Crippen LogP contribution is 2.27. The highest BCUT2D eigenvalue weighted by atomic mass is 35.5. The van der Waals surface area contributed by atoms with E-state index in [1.165, 1.54) is 0 Å². The molecule has 0 amide bonds. The number of halogens is 4. The minimum atomic E-state index is -2.90. The van der Waals surface area contributed by atoms with Crippen LogP contribution in [-0.2, 0) is 0 Å². The Hall–Kier alpha value is -1.10. The van der Waals surface area contributed by atoms with Gasteiger partial charge in [-0.05, 0) is 0 Å². The van der Waals surface area contributed by atoms with Crippen molar-refractivity contribution in [3.05, 3.63) is 28.3 Å². The average molecular weight is 210 g/mol. The first-order valence-electron chi connectivity index (χ1n) is 3.15. The van der Waals surface area contributed by atoms with Gasteiger partial charge in [-0.2, -0.15) is 4.39 Å². The van der Waals surface area contributed by atoms with Gasteiger partial charge in [-0.25, -0.2) is 13.8 Å². The van der Waals surface area contributed by atoms with E-state index in [0.717, 1.165) is 0 Å². The van der Waals surface area contributed by atoms with Crippen molar-refractivity contribution in [1.82, 2.24) is 4.98 Å². The summed E-state index contributed by atoms with van der Waals surface area (Å²) < 4.78 is 36.9. The number of aromatic nitrogens is 1. The van der Waals surface area contributed by atoms with E-state index >= 15 is 0 Å². The minimum Gasteiger partial charge on any atom is -0.298 e. The van der Waals surface area contributed by atoms with E-state index < -0.39 is 28.5 Å². The molecule has 0 spiro atoms. The van der Waals surface area contributed by atoms with Crippen LogP contribution in [0, 0.1) is 5.95 Å². The van der Waals surface area contributed by atoms with Crippen LogP contribution in [0.5, 0.6) is 0 Å². The number of nitrogens with zero attached hydrogens (tertiary/aromatic N) is 1. The van der Waals surface area contributed by atoms with Gasteiger partial charge in [0.1, 0.15) is 5.02 Å². The molecule has 2 nitrogen and oxygen atoms in total. The van der Waals surface area contributed by atoms with Gasteiger partial charge in [0, 0.05) is 17.3 Å². The number of aldehydes is 1. The number of hydrogen-bond donors (Lipinski definition) is 0. The van der Waals surface area contributed by atoms with Crippen LogP contribution in [-0.4, -0.2) is 11.3 Å². The smallest absolute Gasteiger partial charge is 0.266 e. The van der Waals surface area contributed by atoms with Crippen molar-refractivity contribution in [1.29, 1.82) is 0 Å². The largest absolute Gasteiger partial charge is 0.298 e. The van der Waals surface area contributed by atoms with Crippen molar-refractivity contribution >= 4 is 17.9 Å². The average Bonchev–Trinajstić information content (AvgIpc) is 2.09. The van der Waals surface area contributed by atoms with Gasteiger partial charge in [-0.3, -0.25) is 4.79 Å². The summed E-state index contributed by atoms with van der Waals surface area (Å²) in [5.41, 5.74) is -1.22. The first-order chi connectivity index (χ1) is 6.07. The van der Waals surface area contributed by atoms with Crippen LogP contribution in [0.4, 0.5) is 13.2 Å². The lowest BCUT2D eigenvalue weighted by Gasteiger charge is -2.04. The third-order valence-corrected chi connectivity index (χ3v) is 1.76. The molecule has 1 aromatic heterocycles. The molecule has 0 aliphatic heterocycles. The molecule has 1 aromatic rings. The Morgan fingerprint density at radius 2 is 2.15 bits per heavy atom. The molecule has 0 aromatic carbocycles. The lowest BCUT2D eigenvalue weighted by Crippen LogP contribution is -1.99. The van der Waals surface area contributed by atoms with Crippen molar-refractivity contribution in [3.8, 4) is 0 Å². The Morgan fingerprint density at radius 1 is 1.54 bits per heavy atom. The third kappa shape index (κ3) is 1.80. The monoisotopic (exact) mass is 209 g/mol. The molecule has 0 N–H and O–H groups in total. The van der Waals surface area contributed by atoms with Gasteiger partial charge < -0.3 is 0 Å². The number of carbonyl (C=O) groups excluding carboxylic acids is 1. The molecule has 0 unspecified atom stereocenters. The molecule has 6 heteroatoms. The summed E-state index contributed by atoms with van der Waals surface area (Å²) in [7, 11) is 0. The van der Waals surface area contributed by atoms with E-state index in [-0.39, 0.29) is 6.29 Å². The summed E-state index contributed by atoms with van der Waals surface area (Å²) in [4.78, 5) is 13.3. The molecule has 13 heavy (non-hydrogen) atoms. The van der Waals surface area contributed by atoms with Gasteiger partial charge in [0.15, 0.2) is 6.29 Å². The third-order valence-electron chi connectivity index (χ3n) is 1.40. The fraction of sp³-hybridized carbons (Fsp3) is 0.143. The van der Waals surface area contributed by atoms with Gasteiger partial charge in [0.2, 0.25) is 5.95 Å². The zero-order chi connectivity index (χ0) is 10.0. The summed E-state index contributed by atoms with van der Waals surface area (Å²) in [6.45, 7) is 0. The maximum absolute atomic E-state index is 12.6. The summed E-state index contributed by atoms with van der Waals surface area (Å²) in [5, 5.41) is -0.673. The summed E-state index contributed by atoms with van der Waals surface area (Å²) >= 11 is 5.24. The molecule has 1 rings (SSSR count). The lowest BCUT2D eigenvalue weighted by atomic mass is 10.1. The van der Waals surface area contributed by atoms with Crippen molar-refractivity contribution < 1.29 is 18.0 Å². The van der Waals surface area contributed by atoms with Gasteiger partial charge in [-0.1, -0.05) is 11.6 Å². The summed E-state index contributed by atoms with van der Waals surface area (Å²) in [5.74, 6) is -1.13. The minimum absolute atomic E-state index is 0.0780. The zero-order valence-electron chi connectivity index (χ0n) is 6.10. The van der Waals surface area contributed by atoms with Gasteiger partial charge in [-0.15, -0.1) is 0 Å². The maximum atomic E-state index is 12.6. The first-order valence-corrected chi connectivity index (χ1v) is 3.53. The van der Waals surface area contributed by atoms with Crippen LogP contribution in [0.15, 0.2) is 6.20 Å². The molecular weight excluding hydrogens is 207 g/mol. The Bertz CT molecular complexity index is 343. The number of hydrogen-bond acceptors (Lipinski definition) is 2. The fourth-order valence-corrected chi connectivity index (χ4v) is 0.986. The lowest BCUT2D eigenvalue weighted by molar-refractivity contribution is 0.110. The van der Waals surface area contributed by atoms with Crippen molar-refractivity contribution in [3.63, 3.8) is 0 Å². The van der Waals surface area contributed by atoms with Gasteiger partial charge >= 0.3 is 0 Å². The molecule has 0 aliphatic rings. The van der Waals surface area contributed by atoms with E-state index in [4.69, 9.17) is 11.6 Å². The molecule has 1 heterocycles. The van der Waals surface area contributed by atoms with Crippen LogP contribution < -0.4 is 0 Å². The molecule has 0 atom stereocenters. The van der Waals surface area contributed by atoms with Crippen molar-refractivity contribution in [2.45, 2.75) is 6.43 Å². The maximum Gasteiger partial charge on any atom is 0.266 e.